The molecule has 2 heterocycles. The monoisotopic (exact) mass is 353 g/mol. The van der Waals surface area contributed by atoms with E-state index >= 15 is 0 Å². The Balaban J connectivity index is 0.00000200. The number of amides is 1. The number of carbonyl (C=O) groups is 1. The number of aryl methyl sites for hydroxylation is 1. The van der Waals surface area contributed by atoms with E-state index in [1.807, 2.05) is 25.7 Å². The maximum atomic E-state index is 12.4. The first-order valence-corrected chi connectivity index (χ1v) is 7.83. The van der Waals surface area contributed by atoms with Crippen LogP contribution in [0.2, 0.25) is 0 Å². The fraction of sp³-hybridized carbons (Fsp3) is 0.714. The summed E-state index contributed by atoms with van der Waals surface area (Å²) >= 11 is 1.71. The molecule has 0 aromatic carbocycles. The van der Waals surface area contributed by atoms with Gasteiger partial charge in [0.15, 0.2) is 0 Å². The van der Waals surface area contributed by atoms with Gasteiger partial charge in [-0.25, -0.2) is 4.98 Å². The Morgan fingerprint density at radius 2 is 2.14 bits per heavy atom. The highest BCUT2D eigenvalue weighted by atomic mass is 35.5. The summed E-state index contributed by atoms with van der Waals surface area (Å²) in [7, 11) is 0. The summed E-state index contributed by atoms with van der Waals surface area (Å²) in [6.07, 6.45) is 2.18. The molecule has 0 bridgehead atoms. The van der Waals surface area contributed by atoms with Gasteiger partial charge < -0.3 is 10.6 Å². The minimum absolute atomic E-state index is 0. The molecule has 1 aromatic heterocycles. The van der Waals surface area contributed by atoms with E-state index in [4.69, 9.17) is 5.73 Å². The van der Waals surface area contributed by atoms with Crippen molar-refractivity contribution < 1.29 is 4.79 Å². The number of rotatable bonds is 3. The molecule has 1 amide bonds. The topological polar surface area (TPSA) is 59.2 Å². The van der Waals surface area contributed by atoms with Crippen molar-refractivity contribution in [3.63, 3.8) is 0 Å². The Hall–Kier alpha value is -0.360. The van der Waals surface area contributed by atoms with Crippen molar-refractivity contribution in [1.29, 1.82) is 0 Å². The van der Waals surface area contributed by atoms with Crippen molar-refractivity contribution >= 4 is 42.1 Å². The predicted octanol–water partition coefficient (Wildman–Crippen LogP) is 2.98. The molecule has 0 spiro atoms. The minimum Gasteiger partial charge on any atom is -0.342 e. The molecule has 1 saturated heterocycles. The molecule has 4 nitrogen and oxygen atoms in total. The second-order valence-electron chi connectivity index (χ2n) is 5.60. The lowest BCUT2D eigenvalue weighted by molar-refractivity contribution is -0.136. The third-order valence-electron chi connectivity index (χ3n) is 3.90. The lowest BCUT2D eigenvalue weighted by Gasteiger charge is -2.34. The largest absolute Gasteiger partial charge is 0.342 e. The number of nitrogens with two attached hydrogens (primary N) is 1. The van der Waals surface area contributed by atoms with Gasteiger partial charge in [-0.15, -0.1) is 36.2 Å². The SMILES string of the molecule is Cc1csc(C2CCCN(C(=O)C(C)C(C)N)C2)n1.Cl.Cl. The maximum absolute atomic E-state index is 12.4. The normalized spacial score (nSPS) is 21.0. The van der Waals surface area contributed by atoms with Crippen molar-refractivity contribution in [2.45, 2.75) is 45.6 Å². The first-order chi connectivity index (χ1) is 8.99. The summed E-state index contributed by atoms with van der Waals surface area (Å²) in [5, 5.41) is 3.25. The quantitative estimate of drug-likeness (QED) is 0.908. The van der Waals surface area contributed by atoms with Crippen LogP contribution in [0.25, 0.3) is 0 Å². The standard InChI is InChI=1S/C14H23N3OS.2ClH/c1-9-8-19-13(16-9)12-5-4-6-17(7-12)14(18)10(2)11(3)15;;/h8,10-12H,4-7,15H2,1-3H3;2*1H. The van der Waals surface area contributed by atoms with E-state index < -0.39 is 0 Å². The van der Waals surface area contributed by atoms with Gasteiger partial charge in [-0.3, -0.25) is 4.79 Å². The lowest BCUT2D eigenvalue weighted by Crippen LogP contribution is -2.45. The number of hydrogen-bond acceptors (Lipinski definition) is 4. The molecule has 2 N–H and O–H groups in total. The van der Waals surface area contributed by atoms with Crippen molar-refractivity contribution in [3.05, 3.63) is 16.1 Å². The fourth-order valence-corrected chi connectivity index (χ4v) is 3.38. The molecule has 7 heteroatoms. The summed E-state index contributed by atoms with van der Waals surface area (Å²) < 4.78 is 0. The smallest absolute Gasteiger partial charge is 0.226 e. The van der Waals surface area contributed by atoms with Crippen LogP contribution in [0.1, 0.15) is 43.3 Å². The molecule has 3 unspecified atom stereocenters. The highest BCUT2D eigenvalue weighted by Gasteiger charge is 2.29. The van der Waals surface area contributed by atoms with Gasteiger partial charge in [-0.2, -0.15) is 0 Å². The minimum atomic E-state index is -0.100. The van der Waals surface area contributed by atoms with Crippen LogP contribution < -0.4 is 5.73 Å². The summed E-state index contributed by atoms with van der Waals surface area (Å²) in [6, 6.07) is -0.0880. The average molecular weight is 354 g/mol. The Labute approximate surface area is 143 Å². The van der Waals surface area contributed by atoms with E-state index in [9.17, 15) is 4.79 Å². The second kappa shape index (κ2) is 8.93. The van der Waals surface area contributed by atoms with Crippen LogP contribution in [-0.2, 0) is 4.79 Å². The molecular formula is C14H25Cl2N3OS. The van der Waals surface area contributed by atoms with Gasteiger partial charge >= 0.3 is 0 Å². The molecule has 1 fully saturated rings. The van der Waals surface area contributed by atoms with Gasteiger partial charge in [0.25, 0.3) is 0 Å². The molecule has 2 rings (SSSR count). The molecular weight excluding hydrogens is 329 g/mol. The van der Waals surface area contributed by atoms with E-state index in [1.165, 1.54) is 5.01 Å². The number of nitrogens with zero attached hydrogens (tertiary/aromatic N) is 2. The van der Waals surface area contributed by atoms with Gasteiger partial charge in [-0.05, 0) is 26.7 Å². The summed E-state index contributed by atoms with van der Waals surface area (Å²) in [4.78, 5) is 18.9. The van der Waals surface area contributed by atoms with E-state index in [2.05, 4.69) is 10.4 Å². The summed E-state index contributed by atoms with van der Waals surface area (Å²) in [5.41, 5.74) is 6.91. The van der Waals surface area contributed by atoms with E-state index in [-0.39, 0.29) is 42.7 Å². The number of carbonyl (C=O) groups excluding carboxylic acids is 1. The molecule has 1 aliphatic rings. The lowest BCUT2D eigenvalue weighted by atomic mass is 9.96. The highest BCUT2D eigenvalue weighted by Crippen LogP contribution is 2.29. The zero-order chi connectivity index (χ0) is 14.0. The van der Waals surface area contributed by atoms with Crippen LogP contribution in [0.4, 0.5) is 0 Å². The number of hydrogen-bond donors (Lipinski definition) is 1. The predicted molar refractivity (Wildman–Crippen MR) is 92.7 cm³/mol. The zero-order valence-electron chi connectivity index (χ0n) is 12.7. The second-order valence-corrected chi connectivity index (χ2v) is 6.49. The maximum Gasteiger partial charge on any atom is 0.226 e. The molecule has 1 aromatic rings. The highest BCUT2D eigenvalue weighted by molar-refractivity contribution is 7.09. The molecule has 0 saturated carbocycles. The first kappa shape index (κ1) is 20.6. The third kappa shape index (κ3) is 5.09. The van der Waals surface area contributed by atoms with Crippen LogP contribution in [-0.4, -0.2) is 34.9 Å². The number of thiazole rings is 1. The van der Waals surface area contributed by atoms with Crippen LogP contribution >= 0.6 is 36.2 Å². The van der Waals surface area contributed by atoms with Crippen LogP contribution in [0.3, 0.4) is 0 Å². The van der Waals surface area contributed by atoms with Crippen LogP contribution in [0, 0.1) is 12.8 Å². The summed E-state index contributed by atoms with van der Waals surface area (Å²) in [5.74, 6) is 0.487. The van der Waals surface area contributed by atoms with Gasteiger partial charge in [0.1, 0.15) is 0 Å². The third-order valence-corrected chi connectivity index (χ3v) is 5.02. The van der Waals surface area contributed by atoms with Gasteiger partial charge in [0, 0.05) is 36.1 Å². The van der Waals surface area contributed by atoms with Crippen LogP contribution in [0.5, 0.6) is 0 Å². The van der Waals surface area contributed by atoms with Crippen molar-refractivity contribution in [2.75, 3.05) is 13.1 Å². The molecule has 1 aliphatic heterocycles. The molecule has 3 atom stereocenters. The number of aromatic nitrogens is 1. The Morgan fingerprint density at radius 1 is 1.48 bits per heavy atom. The van der Waals surface area contributed by atoms with Gasteiger partial charge in [-0.1, -0.05) is 6.92 Å². The molecule has 21 heavy (non-hydrogen) atoms. The number of piperidine rings is 1. The zero-order valence-corrected chi connectivity index (χ0v) is 15.2. The number of halogens is 2. The van der Waals surface area contributed by atoms with Crippen molar-refractivity contribution in [3.8, 4) is 0 Å². The Kier molecular flexibility index (Phi) is 8.78. The van der Waals surface area contributed by atoms with Crippen molar-refractivity contribution in [1.82, 2.24) is 9.88 Å². The van der Waals surface area contributed by atoms with Gasteiger partial charge in [0.05, 0.1) is 10.9 Å². The molecule has 122 valence electrons. The van der Waals surface area contributed by atoms with E-state index in [0.29, 0.717) is 5.92 Å². The molecule has 0 radical (unpaired) electrons. The number of likely N-dealkylation sites (tertiary alicyclic amines) is 1. The first-order valence-electron chi connectivity index (χ1n) is 6.95. The van der Waals surface area contributed by atoms with E-state index in [1.54, 1.807) is 11.3 Å². The summed E-state index contributed by atoms with van der Waals surface area (Å²) in [6.45, 7) is 7.49. The van der Waals surface area contributed by atoms with Gasteiger partial charge in [0.2, 0.25) is 5.91 Å². The Bertz CT molecular complexity index is 453. The van der Waals surface area contributed by atoms with E-state index in [0.717, 1.165) is 31.6 Å². The fourth-order valence-electron chi connectivity index (χ4n) is 2.45. The van der Waals surface area contributed by atoms with Crippen molar-refractivity contribution in [2.24, 2.45) is 11.7 Å². The average Bonchev–Trinajstić information content (AvgIpc) is 2.84. The molecule has 0 aliphatic carbocycles. The van der Waals surface area contributed by atoms with Crippen LogP contribution in [0.15, 0.2) is 5.38 Å². The Morgan fingerprint density at radius 3 is 2.67 bits per heavy atom.